The molecular formula is C14H26N2O4S. The zero-order valence-corrected chi connectivity index (χ0v) is 13.9. The average Bonchev–Trinajstić information content (AvgIpc) is 2.48. The molecular weight excluding hydrogens is 292 g/mol. The van der Waals surface area contributed by atoms with Crippen LogP contribution in [0.3, 0.4) is 0 Å². The summed E-state index contributed by atoms with van der Waals surface area (Å²) in [7, 11) is -2.00. The molecule has 6 nitrogen and oxygen atoms in total. The molecule has 0 atom stereocenters. The summed E-state index contributed by atoms with van der Waals surface area (Å²) in [6.07, 6.45) is 2.46. The summed E-state index contributed by atoms with van der Waals surface area (Å²) in [4.78, 5) is 25.3. The molecule has 0 aromatic heterocycles. The van der Waals surface area contributed by atoms with Crippen molar-refractivity contribution in [3.8, 4) is 0 Å². The molecule has 0 radical (unpaired) electrons. The fourth-order valence-electron chi connectivity index (χ4n) is 2.70. The van der Waals surface area contributed by atoms with Crippen LogP contribution in [0.5, 0.6) is 0 Å². The number of nitrogens with one attached hydrogen (secondary N) is 1. The van der Waals surface area contributed by atoms with Gasteiger partial charge in [-0.15, -0.1) is 0 Å². The number of piperidine rings is 1. The normalized spacial score (nSPS) is 17.0. The van der Waals surface area contributed by atoms with Crippen LogP contribution in [-0.4, -0.2) is 56.3 Å². The van der Waals surface area contributed by atoms with Gasteiger partial charge in [-0.2, -0.15) is 0 Å². The minimum atomic E-state index is -3.43. The van der Waals surface area contributed by atoms with E-state index >= 15 is 0 Å². The van der Waals surface area contributed by atoms with Gasteiger partial charge in [0.1, 0.15) is 5.75 Å². The lowest BCUT2D eigenvalue weighted by molar-refractivity contribution is -0.136. The molecule has 1 rings (SSSR count). The molecule has 0 unspecified atom stereocenters. The molecule has 122 valence electrons. The SMILES string of the molecule is CCC(CC)C(=O)N1CCC(S(=O)(=O)CC(=O)NC)CC1. The van der Waals surface area contributed by atoms with Crippen LogP contribution in [-0.2, 0) is 19.4 Å². The van der Waals surface area contributed by atoms with Crippen molar-refractivity contribution in [3.63, 3.8) is 0 Å². The second kappa shape index (κ2) is 7.77. The van der Waals surface area contributed by atoms with Crippen LogP contribution in [0.1, 0.15) is 39.5 Å². The molecule has 0 aromatic carbocycles. The van der Waals surface area contributed by atoms with Gasteiger partial charge in [0.25, 0.3) is 0 Å². The van der Waals surface area contributed by atoms with Crippen molar-refractivity contribution in [2.45, 2.75) is 44.8 Å². The van der Waals surface area contributed by atoms with E-state index in [1.54, 1.807) is 4.90 Å². The van der Waals surface area contributed by atoms with Crippen LogP contribution in [0.4, 0.5) is 0 Å². The van der Waals surface area contributed by atoms with Gasteiger partial charge < -0.3 is 10.2 Å². The maximum absolute atomic E-state index is 12.3. The number of hydrogen-bond acceptors (Lipinski definition) is 4. The Hall–Kier alpha value is -1.11. The molecule has 1 N–H and O–H groups in total. The number of likely N-dealkylation sites (tertiary alicyclic amines) is 1. The van der Waals surface area contributed by atoms with E-state index < -0.39 is 26.7 Å². The van der Waals surface area contributed by atoms with Gasteiger partial charge in [-0.25, -0.2) is 8.42 Å². The van der Waals surface area contributed by atoms with E-state index in [9.17, 15) is 18.0 Å². The summed E-state index contributed by atoms with van der Waals surface area (Å²) in [5.41, 5.74) is 0. The summed E-state index contributed by atoms with van der Waals surface area (Å²) in [5.74, 6) is -0.786. The third-order valence-corrected chi connectivity index (χ3v) is 6.36. The molecule has 0 bridgehead atoms. The molecule has 0 aromatic rings. The maximum Gasteiger partial charge on any atom is 0.234 e. The Morgan fingerprint density at radius 3 is 2.14 bits per heavy atom. The van der Waals surface area contributed by atoms with E-state index in [4.69, 9.17) is 0 Å². The average molecular weight is 318 g/mol. The van der Waals surface area contributed by atoms with Crippen LogP contribution < -0.4 is 5.32 Å². The lowest BCUT2D eigenvalue weighted by Gasteiger charge is -2.33. The Balaban J connectivity index is 2.59. The first kappa shape index (κ1) is 17.9. The maximum atomic E-state index is 12.3. The summed E-state index contributed by atoms with van der Waals surface area (Å²) in [6.45, 7) is 4.92. The number of carbonyl (C=O) groups is 2. The first-order chi connectivity index (χ1) is 9.85. The van der Waals surface area contributed by atoms with E-state index in [1.165, 1.54) is 7.05 Å². The third kappa shape index (κ3) is 4.69. The van der Waals surface area contributed by atoms with E-state index in [-0.39, 0.29) is 11.8 Å². The Labute approximate surface area is 127 Å². The molecule has 2 amide bonds. The minimum absolute atomic E-state index is 0.0315. The monoisotopic (exact) mass is 318 g/mol. The van der Waals surface area contributed by atoms with Gasteiger partial charge in [0.15, 0.2) is 9.84 Å². The third-order valence-electron chi connectivity index (χ3n) is 4.21. The summed E-state index contributed by atoms with van der Waals surface area (Å²) < 4.78 is 24.2. The molecule has 1 saturated heterocycles. The molecule has 21 heavy (non-hydrogen) atoms. The number of nitrogens with zero attached hydrogens (tertiary/aromatic N) is 1. The van der Waals surface area contributed by atoms with Crippen molar-refractivity contribution < 1.29 is 18.0 Å². The van der Waals surface area contributed by atoms with Gasteiger partial charge in [-0.3, -0.25) is 9.59 Å². The second-order valence-corrected chi connectivity index (χ2v) is 7.80. The molecule has 1 fully saturated rings. The molecule has 7 heteroatoms. The van der Waals surface area contributed by atoms with Crippen molar-refractivity contribution in [2.75, 3.05) is 25.9 Å². The zero-order valence-electron chi connectivity index (χ0n) is 13.1. The smallest absolute Gasteiger partial charge is 0.234 e. The highest BCUT2D eigenvalue weighted by molar-refractivity contribution is 7.92. The fourth-order valence-corrected chi connectivity index (χ4v) is 4.38. The van der Waals surface area contributed by atoms with E-state index in [1.807, 2.05) is 13.8 Å². The number of amides is 2. The predicted molar refractivity (Wildman–Crippen MR) is 81.5 cm³/mol. The molecule has 1 aliphatic heterocycles. The van der Waals surface area contributed by atoms with Gasteiger partial charge in [-0.1, -0.05) is 13.8 Å². The van der Waals surface area contributed by atoms with Gasteiger partial charge in [-0.05, 0) is 25.7 Å². The summed E-state index contributed by atoms with van der Waals surface area (Å²) in [6, 6.07) is 0. The summed E-state index contributed by atoms with van der Waals surface area (Å²) >= 11 is 0. The molecule has 1 heterocycles. The highest BCUT2D eigenvalue weighted by Crippen LogP contribution is 2.21. The van der Waals surface area contributed by atoms with Crippen molar-refractivity contribution >= 4 is 21.7 Å². The highest BCUT2D eigenvalue weighted by Gasteiger charge is 2.33. The number of rotatable bonds is 6. The van der Waals surface area contributed by atoms with Gasteiger partial charge in [0, 0.05) is 26.1 Å². The lowest BCUT2D eigenvalue weighted by atomic mass is 10.00. The van der Waals surface area contributed by atoms with Gasteiger partial charge in [0.2, 0.25) is 11.8 Å². The van der Waals surface area contributed by atoms with Crippen molar-refractivity contribution in [3.05, 3.63) is 0 Å². The van der Waals surface area contributed by atoms with Gasteiger partial charge in [0.05, 0.1) is 5.25 Å². The van der Waals surface area contributed by atoms with Crippen LogP contribution in [0.15, 0.2) is 0 Å². The number of sulfone groups is 1. The second-order valence-electron chi connectivity index (χ2n) is 5.52. The van der Waals surface area contributed by atoms with Crippen molar-refractivity contribution in [1.29, 1.82) is 0 Å². The molecule has 1 aliphatic rings. The topological polar surface area (TPSA) is 83.6 Å². The van der Waals surface area contributed by atoms with Gasteiger partial charge >= 0.3 is 0 Å². The Morgan fingerprint density at radius 1 is 1.19 bits per heavy atom. The first-order valence-electron chi connectivity index (χ1n) is 7.56. The Morgan fingerprint density at radius 2 is 1.71 bits per heavy atom. The Bertz CT molecular complexity index is 463. The molecule has 0 saturated carbocycles. The predicted octanol–water partition coefficient (Wildman–Crippen LogP) is 0.574. The van der Waals surface area contributed by atoms with E-state index in [0.717, 1.165) is 12.8 Å². The van der Waals surface area contributed by atoms with E-state index in [0.29, 0.717) is 25.9 Å². The molecule has 0 aliphatic carbocycles. The van der Waals surface area contributed by atoms with Crippen molar-refractivity contribution in [2.24, 2.45) is 5.92 Å². The van der Waals surface area contributed by atoms with E-state index in [2.05, 4.69) is 5.32 Å². The standard InChI is InChI=1S/C14H26N2O4S/c1-4-11(5-2)14(18)16-8-6-12(7-9-16)21(19,20)10-13(17)15-3/h11-12H,4-10H2,1-3H3,(H,15,17). The largest absolute Gasteiger partial charge is 0.358 e. The fraction of sp³-hybridized carbons (Fsp3) is 0.857. The molecule has 0 spiro atoms. The lowest BCUT2D eigenvalue weighted by Crippen LogP contribution is -2.46. The van der Waals surface area contributed by atoms with Crippen LogP contribution in [0.2, 0.25) is 0 Å². The van der Waals surface area contributed by atoms with Crippen molar-refractivity contribution in [1.82, 2.24) is 10.2 Å². The van der Waals surface area contributed by atoms with Crippen LogP contribution in [0, 0.1) is 5.92 Å². The number of hydrogen-bond donors (Lipinski definition) is 1. The van der Waals surface area contributed by atoms with Crippen LogP contribution >= 0.6 is 0 Å². The first-order valence-corrected chi connectivity index (χ1v) is 9.28. The summed E-state index contributed by atoms with van der Waals surface area (Å²) in [5, 5.41) is 1.82. The highest BCUT2D eigenvalue weighted by atomic mass is 32.2. The Kier molecular flexibility index (Phi) is 6.64. The van der Waals surface area contributed by atoms with Crippen LogP contribution in [0.25, 0.3) is 0 Å². The number of carbonyl (C=O) groups excluding carboxylic acids is 2. The minimum Gasteiger partial charge on any atom is -0.358 e. The zero-order chi connectivity index (χ0) is 16.0. The quantitative estimate of drug-likeness (QED) is 0.776.